The topological polar surface area (TPSA) is 111 Å². The maximum absolute atomic E-state index is 12.8. The van der Waals surface area contributed by atoms with Crippen LogP contribution in [0.25, 0.3) is 6.08 Å². The van der Waals surface area contributed by atoms with E-state index in [9.17, 15) is 19.2 Å². The molecule has 2 aromatic rings. The van der Waals surface area contributed by atoms with Gasteiger partial charge in [0.15, 0.2) is 18.1 Å². The number of methoxy groups -OCH3 is 1. The van der Waals surface area contributed by atoms with Gasteiger partial charge in [-0.2, -0.15) is 0 Å². The van der Waals surface area contributed by atoms with Gasteiger partial charge in [-0.15, -0.1) is 0 Å². The molecule has 0 saturated carbocycles. The number of thioether (sulfide) groups is 1. The summed E-state index contributed by atoms with van der Waals surface area (Å²) in [5.74, 6) is -0.981. The van der Waals surface area contributed by atoms with E-state index in [2.05, 4.69) is 21.2 Å². The molecular weight excluding hydrogens is 564 g/mol. The molecule has 1 saturated heterocycles. The van der Waals surface area contributed by atoms with E-state index in [1.54, 1.807) is 45.0 Å². The molecule has 0 aliphatic carbocycles. The molecule has 11 heteroatoms. The highest BCUT2D eigenvalue weighted by Crippen LogP contribution is 2.38. The number of esters is 1. The fourth-order valence-electron chi connectivity index (χ4n) is 3.19. The summed E-state index contributed by atoms with van der Waals surface area (Å²) in [6.45, 7) is 6.34. The second-order valence-corrected chi connectivity index (χ2v) is 10.9. The molecule has 1 N–H and O–H groups in total. The average Bonchev–Trinajstić information content (AvgIpc) is 3.06. The number of hydrogen-bond donors (Lipinski definition) is 1. The predicted octanol–water partition coefficient (Wildman–Crippen LogP) is 5.16. The number of rotatable bonds is 8. The number of carbonyl (C=O) groups is 4. The number of ether oxygens (including phenoxy) is 3. The monoisotopic (exact) mass is 590 g/mol. The number of hydrogen-bond acceptors (Lipinski definition) is 8. The Kier molecular flexibility index (Phi) is 9.03. The third-order valence-electron chi connectivity index (χ3n) is 4.84. The average molecular weight is 591 g/mol. The maximum atomic E-state index is 12.8. The zero-order chi connectivity index (χ0) is 27.3. The molecule has 196 valence electrons. The molecule has 0 radical (unpaired) electrons. The number of nitrogens with zero attached hydrogens (tertiary/aromatic N) is 1. The van der Waals surface area contributed by atoms with Crippen LogP contribution in [0.1, 0.15) is 31.9 Å². The Balaban J connectivity index is 1.70. The number of carbonyl (C=O) groups excluding carboxylic acids is 4. The quantitative estimate of drug-likeness (QED) is 0.331. The lowest BCUT2D eigenvalue weighted by Gasteiger charge is -2.21. The number of amides is 3. The van der Waals surface area contributed by atoms with Crippen molar-refractivity contribution >= 4 is 62.5 Å². The van der Waals surface area contributed by atoms with Crippen molar-refractivity contribution < 1.29 is 33.4 Å². The summed E-state index contributed by atoms with van der Waals surface area (Å²) >= 11 is 4.16. The minimum atomic E-state index is -0.735. The van der Waals surface area contributed by atoms with Crippen molar-refractivity contribution in [2.45, 2.75) is 33.3 Å². The highest BCUT2D eigenvalue weighted by Gasteiger charge is 2.37. The fourth-order valence-corrected chi connectivity index (χ4v) is 4.46. The fraction of sp³-hybridized carbons (Fsp3) is 0.308. The molecular formula is C26H27BrN2O7S. The van der Waals surface area contributed by atoms with E-state index in [-0.39, 0.29) is 17.4 Å². The molecule has 0 bridgehead atoms. The number of aryl methyl sites for hydroxylation is 1. The Morgan fingerprint density at radius 2 is 1.78 bits per heavy atom. The molecule has 0 atom stereocenters. The van der Waals surface area contributed by atoms with Crippen molar-refractivity contribution in [1.29, 1.82) is 0 Å². The van der Waals surface area contributed by atoms with Crippen LogP contribution in [0.5, 0.6) is 11.5 Å². The largest absolute Gasteiger partial charge is 0.493 e. The number of anilines is 1. The van der Waals surface area contributed by atoms with Crippen molar-refractivity contribution in [3.05, 3.63) is 56.9 Å². The van der Waals surface area contributed by atoms with Gasteiger partial charge in [-0.05, 0) is 75.4 Å². The Labute approximate surface area is 227 Å². The third-order valence-corrected chi connectivity index (χ3v) is 6.44. The molecule has 0 aromatic heterocycles. The zero-order valence-electron chi connectivity index (χ0n) is 21.0. The first-order valence-corrected chi connectivity index (χ1v) is 12.8. The van der Waals surface area contributed by atoms with E-state index < -0.39 is 29.3 Å². The van der Waals surface area contributed by atoms with Crippen molar-refractivity contribution in [2.75, 3.05) is 25.6 Å². The normalized spacial score (nSPS) is 14.6. The van der Waals surface area contributed by atoms with Crippen molar-refractivity contribution in [3.63, 3.8) is 0 Å². The van der Waals surface area contributed by atoms with Crippen molar-refractivity contribution in [1.82, 2.24) is 4.90 Å². The van der Waals surface area contributed by atoms with Crippen LogP contribution in [0.4, 0.5) is 10.5 Å². The molecule has 37 heavy (non-hydrogen) atoms. The van der Waals surface area contributed by atoms with Crippen LogP contribution in [-0.4, -0.2) is 53.8 Å². The molecule has 1 aliphatic rings. The summed E-state index contributed by atoms with van der Waals surface area (Å²) in [7, 11) is 1.45. The van der Waals surface area contributed by atoms with E-state index in [0.29, 0.717) is 27.2 Å². The lowest BCUT2D eigenvalue weighted by atomic mass is 10.2. The minimum absolute atomic E-state index is 0.141. The Morgan fingerprint density at radius 1 is 1.11 bits per heavy atom. The summed E-state index contributed by atoms with van der Waals surface area (Å²) < 4.78 is 16.8. The zero-order valence-corrected chi connectivity index (χ0v) is 23.4. The Hall–Kier alpha value is -3.31. The van der Waals surface area contributed by atoms with Crippen LogP contribution in [0.15, 0.2) is 45.8 Å². The molecule has 1 aliphatic heterocycles. The van der Waals surface area contributed by atoms with Gasteiger partial charge in [0, 0.05) is 10.2 Å². The van der Waals surface area contributed by atoms with Crippen LogP contribution in [0, 0.1) is 6.92 Å². The van der Waals surface area contributed by atoms with Crippen LogP contribution in [-0.2, 0) is 19.1 Å². The number of halogens is 1. The molecule has 3 rings (SSSR count). The van der Waals surface area contributed by atoms with Crippen LogP contribution >= 0.6 is 27.7 Å². The van der Waals surface area contributed by atoms with Gasteiger partial charge in [0.2, 0.25) is 0 Å². The van der Waals surface area contributed by atoms with Gasteiger partial charge < -0.3 is 19.5 Å². The molecule has 9 nitrogen and oxygen atoms in total. The first kappa shape index (κ1) is 28.3. The molecule has 3 amide bonds. The van der Waals surface area contributed by atoms with Gasteiger partial charge in [-0.1, -0.05) is 33.6 Å². The first-order valence-electron chi connectivity index (χ1n) is 11.2. The van der Waals surface area contributed by atoms with Gasteiger partial charge in [0.1, 0.15) is 12.1 Å². The maximum Gasteiger partial charge on any atom is 0.326 e. The van der Waals surface area contributed by atoms with Crippen molar-refractivity contribution in [2.24, 2.45) is 0 Å². The Bertz CT molecular complexity index is 1250. The lowest BCUT2D eigenvalue weighted by Crippen LogP contribution is -2.37. The van der Waals surface area contributed by atoms with Gasteiger partial charge in [0.25, 0.3) is 17.1 Å². The summed E-state index contributed by atoms with van der Waals surface area (Å²) in [6.07, 6.45) is 1.51. The van der Waals surface area contributed by atoms with E-state index >= 15 is 0 Å². The van der Waals surface area contributed by atoms with Gasteiger partial charge in [-0.3, -0.25) is 24.1 Å². The predicted molar refractivity (Wildman–Crippen MR) is 145 cm³/mol. The molecule has 0 unspecified atom stereocenters. The minimum Gasteiger partial charge on any atom is -0.493 e. The second kappa shape index (κ2) is 11.8. The molecule has 0 spiro atoms. The summed E-state index contributed by atoms with van der Waals surface area (Å²) in [5, 5.41) is 2.19. The second-order valence-electron chi connectivity index (χ2n) is 9.08. The Morgan fingerprint density at radius 3 is 2.41 bits per heavy atom. The highest BCUT2D eigenvalue weighted by atomic mass is 79.9. The van der Waals surface area contributed by atoms with E-state index in [1.807, 2.05) is 19.1 Å². The van der Waals surface area contributed by atoms with Gasteiger partial charge >= 0.3 is 5.97 Å². The molecule has 1 fully saturated rings. The summed E-state index contributed by atoms with van der Waals surface area (Å²) in [4.78, 5) is 50.6. The SMILES string of the molecule is COc1cc(C=C2SC(=O)N(CC(=O)OC(C)(C)C)C2=O)c(Br)cc1OCC(=O)Nc1ccc(C)cc1. The standard InChI is InChI=1S/C26H27BrN2O7S/c1-15-6-8-17(9-7-15)28-22(30)14-35-20-12-18(27)16(10-19(20)34-5)11-21-24(32)29(25(33)37-21)13-23(31)36-26(2,3)4/h6-12H,13-14H2,1-5H3,(H,28,30). The van der Waals surface area contributed by atoms with E-state index in [0.717, 1.165) is 22.2 Å². The van der Waals surface area contributed by atoms with Gasteiger partial charge in [0.05, 0.1) is 12.0 Å². The van der Waals surface area contributed by atoms with Crippen LogP contribution in [0.3, 0.4) is 0 Å². The molecule has 2 aromatic carbocycles. The smallest absolute Gasteiger partial charge is 0.326 e. The third kappa shape index (κ3) is 7.83. The summed E-state index contributed by atoms with van der Waals surface area (Å²) in [5.41, 5.74) is 1.54. The van der Waals surface area contributed by atoms with Crippen molar-refractivity contribution in [3.8, 4) is 11.5 Å². The van der Waals surface area contributed by atoms with E-state index in [4.69, 9.17) is 14.2 Å². The molecule has 1 heterocycles. The van der Waals surface area contributed by atoms with E-state index in [1.165, 1.54) is 13.2 Å². The van der Waals surface area contributed by atoms with Gasteiger partial charge in [-0.25, -0.2) is 0 Å². The number of benzene rings is 2. The highest BCUT2D eigenvalue weighted by molar-refractivity contribution is 9.10. The summed E-state index contributed by atoms with van der Waals surface area (Å²) in [6, 6.07) is 10.6. The lowest BCUT2D eigenvalue weighted by molar-refractivity contribution is -0.156. The van der Waals surface area contributed by atoms with Crippen LogP contribution < -0.4 is 14.8 Å². The van der Waals surface area contributed by atoms with Crippen LogP contribution in [0.2, 0.25) is 0 Å². The number of imide groups is 1. The number of nitrogens with one attached hydrogen (secondary N) is 1. The first-order chi connectivity index (χ1) is 17.4.